The van der Waals surface area contributed by atoms with Crippen LogP contribution in [0.3, 0.4) is 0 Å². The average Bonchev–Trinajstić information content (AvgIpc) is 2.29. The molecule has 3 heteroatoms. The quantitative estimate of drug-likeness (QED) is 0.701. The second-order valence-corrected chi connectivity index (χ2v) is 3.72. The number of H-pyrrole nitrogens is 1. The zero-order valence-corrected chi connectivity index (χ0v) is 8.21. The Morgan fingerprint density at radius 3 is 3.07 bits per heavy atom. The lowest BCUT2D eigenvalue weighted by Gasteiger charge is -2.15. The minimum Gasteiger partial charge on any atom is -0.383 e. The number of anilines is 1. The number of para-hydroxylation sites is 1. The van der Waals surface area contributed by atoms with E-state index in [4.69, 9.17) is 0 Å². The maximum absolute atomic E-state index is 11.7. The van der Waals surface area contributed by atoms with Crippen LogP contribution in [0.5, 0.6) is 0 Å². The van der Waals surface area contributed by atoms with Crippen LogP contribution < -0.4 is 10.3 Å². The number of pyridine rings is 1. The third-order valence-electron chi connectivity index (χ3n) is 2.79. The number of benzene rings is 1. The molecular weight excluding hydrogens is 188 g/mol. The van der Waals surface area contributed by atoms with E-state index in [0.717, 1.165) is 28.7 Å². The van der Waals surface area contributed by atoms with E-state index in [0.29, 0.717) is 6.42 Å². The summed E-state index contributed by atoms with van der Waals surface area (Å²) in [6, 6.07) is 8.00. The van der Waals surface area contributed by atoms with Crippen molar-refractivity contribution in [3.05, 3.63) is 36.0 Å². The minimum atomic E-state index is 0.214. The number of hydrogen-bond donors (Lipinski definition) is 1. The summed E-state index contributed by atoms with van der Waals surface area (Å²) in [7, 11) is 0. The fraction of sp³-hybridized carbons (Fsp3) is 0.167. The molecule has 15 heavy (non-hydrogen) atoms. The molecule has 0 saturated heterocycles. The lowest BCUT2D eigenvalue weighted by molar-refractivity contribution is -0.344. The predicted molar refractivity (Wildman–Crippen MR) is 57.9 cm³/mol. The zero-order chi connectivity index (χ0) is 10.3. The van der Waals surface area contributed by atoms with E-state index < -0.39 is 0 Å². The van der Waals surface area contributed by atoms with Crippen molar-refractivity contribution >= 4 is 22.4 Å². The number of carbonyl (C=O) groups excluding carboxylic acids is 1. The summed E-state index contributed by atoms with van der Waals surface area (Å²) in [5, 5.41) is 4.38. The average molecular weight is 199 g/mol. The summed E-state index contributed by atoms with van der Waals surface area (Å²) in [5.74, 6) is 0.214. The first-order valence-electron chi connectivity index (χ1n) is 5.07. The van der Waals surface area contributed by atoms with Crippen LogP contribution in [0.15, 0.2) is 30.5 Å². The number of ketones is 1. The van der Waals surface area contributed by atoms with Crippen LogP contribution in [0, 0.1) is 0 Å². The molecule has 0 atom stereocenters. The highest BCUT2D eigenvalue weighted by Gasteiger charge is 2.21. The molecule has 1 aliphatic heterocycles. The SMILES string of the molecule is O=C1CCNc2c1c[nH+]c1ccccc21. The van der Waals surface area contributed by atoms with E-state index >= 15 is 0 Å². The van der Waals surface area contributed by atoms with Gasteiger partial charge in [0.05, 0.1) is 11.1 Å². The smallest absolute Gasteiger partial charge is 0.212 e. The molecule has 3 rings (SSSR count). The van der Waals surface area contributed by atoms with Gasteiger partial charge in [0.25, 0.3) is 0 Å². The molecule has 0 fully saturated rings. The van der Waals surface area contributed by atoms with Crippen molar-refractivity contribution in [2.24, 2.45) is 0 Å². The molecular formula is C12H11N2O+. The fourth-order valence-electron chi connectivity index (χ4n) is 2.04. The fourth-order valence-corrected chi connectivity index (χ4v) is 2.04. The Morgan fingerprint density at radius 2 is 2.13 bits per heavy atom. The largest absolute Gasteiger partial charge is 0.383 e. The first kappa shape index (κ1) is 8.41. The zero-order valence-electron chi connectivity index (χ0n) is 8.21. The number of fused-ring (bicyclic) bond motifs is 3. The molecule has 2 heterocycles. The molecule has 0 unspecified atom stereocenters. The minimum absolute atomic E-state index is 0.214. The molecule has 0 radical (unpaired) electrons. The standard InChI is InChI=1S/C12H10N2O/c15-11-5-6-13-12-8-3-1-2-4-10(8)14-7-9(11)12/h1-4,7,13H,5-6H2/p+1. The van der Waals surface area contributed by atoms with Gasteiger partial charge in [0.2, 0.25) is 5.52 Å². The van der Waals surface area contributed by atoms with E-state index in [1.165, 1.54) is 0 Å². The molecule has 0 spiro atoms. The molecule has 1 aromatic carbocycles. The normalized spacial score (nSPS) is 14.8. The molecule has 3 nitrogen and oxygen atoms in total. The first-order chi connectivity index (χ1) is 7.36. The van der Waals surface area contributed by atoms with Crippen LogP contribution in [-0.4, -0.2) is 12.3 Å². The summed E-state index contributed by atoms with van der Waals surface area (Å²) in [5.41, 5.74) is 2.80. The second-order valence-electron chi connectivity index (χ2n) is 3.72. The summed E-state index contributed by atoms with van der Waals surface area (Å²) >= 11 is 0. The van der Waals surface area contributed by atoms with Gasteiger partial charge in [-0.05, 0) is 6.07 Å². The summed E-state index contributed by atoms with van der Waals surface area (Å²) in [4.78, 5) is 14.8. The molecule has 2 aromatic rings. The van der Waals surface area contributed by atoms with Crippen LogP contribution in [0.4, 0.5) is 5.69 Å². The number of nitrogens with one attached hydrogen (secondary N) is 2. The Morgan fingerprint density at radius 1 is 1.27 bits per heavy atom. The van der Waals surface area contributed by atoms with E-state index in [9.17, 15) is 4.79 Å². The lowest BCUT2D eigenvalue weighted by Crippen LogP contribution is -2.21. The Balaban J connectivity index is 2.38. The van der Waals surface area contributed by atoms with Crippen LogP contribution in [0.1, 0.15) is 16.8 Å². The first-order valence-corrected chi connectivity index (χ1v) is 5.07. The van der Waals surface area contributed by atoms with Gasteiger partial charge in [0.1, 0.15) is 5.56 Å². The number of Topliss-reactive ketones (excluding diaryl/α,β-unsaturated/α-hetero) is 1. The van der Waals surface area contributed by atoms with Gasteiger partial charge in [-0.2, -0.15) is 0 Å². The molecule has 2 N–H and O–H groups in total. The second kappa shape index (κ2) is 3.05. The summed E-state index contributed by atoms with van der Waals surface area (Å²) < 4.78 is 0. The van der Waals surface area contributed by atoms with Crippen LogP contribution in [-0.2, 0) is 0 Å². The van der Waals surface area contributed by atoms with Crippen LogP contribution in [0.25, 0.3) is 10.9 Å². The van der Waals surface area contributed by atoms with Gasteiger partial charge < -0.3 is 5.32 Å². The Bertz CT molecular complexity index is 548. The van der Waals surface area contributed by atoms with Crippen molar-refractivity contribution in [1.29, 1.82) is 0 Å². The van der Waals surface area contributed by atoms with Crippen molar-refractivity contribution in [3.63, 3.8) is 0 Å². The lowest BCUT2D eigenvalue weighted by atomic mass is 10.0. The van der Waals surface area contributed by atoms with E-state index in [1.54, 1.807) is 6.20 Å². The predicted octanol–water partition coefficient (Wildman–Crippen LogP) is 1.65. The van der Waals surface area contributed by atoms with E-state index in [1.807, 2.05) is 24.3 Å². The Labute approximate surface area is 87.1 Å². The molecule has 0 bridgehead atoms. The molecule has 1 aliphatic rings. The van der Waals surface area contributed by atoms with Crippen LogP contribution >= 0.6 is 0 Å². The third kappa shape index (κ3) is 1.20. The summed E-state index contributed by atoms with van der Waals surface area (Å²) in [6.07, 6.45) is 2.38. The molecule has 0 saturated carbocycles. The molecule has 0 amide bonds. The Kier molecular flexibility index (Phi) is 1.71. The van der Waals surface area contributed by atoms with Crippen molar-refractivity contribution in [2.75, 3.05) is 11.9 Å². The number of aromatic nitrogens is 1. The highest BCUT2D eigenvalue weighted by molar-refractivity contribution is 6.08. The van der Waals surface area contributed by atoms with Crippen molar-refractivity contribution in [1.82, 2.24) is 0 Å². The number of carbonyl (C=O) groups is 1. The molecule has 1 aromatic heterocycles. The van der Waals surface area contributed by atoms with Gasteiger partial charge in [-0.15, -0.1) is 0 Å². The topological polar surface area (TPSA) is 43.2 Å². The maximum Gasteiger partial charge on any atom is 0.212 e. The highest BCUT2D eigenvalue weighted by Crippen LogP contribution is 2.27. The van der Waals surface area contributed by atoms with Crippen LogP contribution in [0.2, 0.25) is 0 Å². The monoisotopic (exact) mass is 199 g/mol. The van der Waals surface area contributed by atoms with Gasteiger partial charge in [-0.25, -0.2) is 4.98 Å². The van der Waals surface area contributed by atoms with Crippen molar-refractivity contribution in [2.45, 2.75) is 6.42 Å². The summed E-state index contributed by atoms with van der Waals surface area (Å²) in [6.45, 7) is 0.736. The van der Waals surface area contributed by atoms with Crippen molar-refractivity contribution in [3.8, 4) is 0 Å². The Hall–Kier alpha value is -1.90. The van der Waals surface area contributed by atoms with E-state index in [2.05, 4.69) is 10.3 Å². The number of rotatable bonds is 0. The highest BCUT2D eigenvalue weighted by atomic mass is 16.1. The van der Waals surface area contributed by atoms with Gasteiger partial charge >= 0.3 is 0 Å². The molecule has 0 aliphatic carbocycles. The van der Waals surface area contributed by atoms with Gasteiger partial charge in [-0.3, -0.25) is 4.79 Å². The van der Waals surface area contributed by atoms with Gasteiger partial charge in [-0.1, -0.05) is 12.1 Å². The van der Waals surface area contributed by atoms with E-state index in [-0.39, 0.29) is 5.78 Å². The maximum atomic E-state index is 11.7. The molecule has 74 valence electrons. The third-order valence-corrected chi connectivity index (χ3v) is 2.79. The number of aromatic amines is 1. The van der Waals surface area contributed by atoms with Crippen molar-refractivity contribution < 1.29 is 9.78 Å². The van der Waals surface area contributed by atoms with Gasteiger partial charge in [0, 0.05) is 19.0 Å². The van der Waals surface area contributed by atoms with Gasteiger partial charge in [0.15, 0.2) is 12.0 Å². The number of hydrogen-bond acceptors (Lipinski definition) is 2.